The molecule has 30 heavy (non-hydrogen) atoms. The summed E-state index contributed by atoms with van der Waals surface area (Å²) < 4.78 is 1.18. The first-order chi connectivity index (χ1) is 14.6. The van der Waals surface area contributed by atoms with Gasteiger partial charge in [-0.1, -0.05) is 119 Å². The smallest absolute Gasteiger partial charge is 0.0216 e. The van der Waals surface area contributed by atoms with E-state index in [0.29, 0.717) is 0 Å². The Kier molecular flexibility index (Phi) is 8.17. The summed E-state index contributed by atoms with van der Waals surface area (Å²) in [7, 11) is 0. The van der Waals surface area contributed by atoms with Crippen LogP contribution in [0.1, 0.15) is 100 Å². The van der Waals surface area contributed by atoms with Gasteiger partial charge in [-0.05, 0) is 64.4 Å². The molecule has 0 atom stereocenters. The van der Waals surface area contributed by atoms with E-state index >= 15 is 0 Å². The Morgan fingerprint density at radius 3 is 2.03 bits per heavy atom. The van der Waals surface area contributed by atoms with E-state index in [9.17, 15) is 0 Å². The van der Waals surface area contributed by atoms with Gasteiger partial charge in [0, 0.05) is 9.89 Å². The molecule has 0 radical (unpaired) electrons. The zero-order valence-corrected chi connectivity index (χ0v) is 20.5. The van der Waals surface area contributed by atoms with Crippen molar-refractivity contribution < 1.29 is 0 Å². The third kappa shape index (κ3) is 4.52. The first-order valence-electron chi connectivity index (χ1n) is 11.8. The van der Waals surface area contributed by atoms with Gasteiger partial charge < -0.3 is 0 Å². The Labute approximate surface area is 192 Å². The van der Waals surface area contributed by atoms with E-state index in [-0.39, 0.29) is 5.41 Å². The van der Waals surface area contributed by atoms with E-state index in [1.165, 1.54) is 102 Å². The molecule has 0 aromatic heterocycles. The second-order valence-electron chi connectivity index (χ2n) is 8.83. The lowest BCUT2D eigenvalue weighted by Crippen LogP contribution is -2.25. The summed E-state index contributed by atoms with van der Waals surface area (Å²) in [4.78, 5) is 0. The summed E-state index contributed by atoms with van der Waals surface area (Å²) in [5.41, 5.74) is 8.40. The summed E-state index contributed by atoms with van der Waals surface area (Å²) in [5, 5.41) is 0. The van der Waals surface area contributed by atoms with Crippen molar-refractivity contribution in [2.45, 2.75) is 83.5 Å². The number of halogens is 1. The predicted octanol–water partition coefficient (Wildman–Crippen LogP) is 9.94. The highest BCUT2D eigenvalue weighted by molar-refractivity contribution is 9.10. The molecular formula is C29H37Br. The minimum absolute atomic E-state index is 0.104. The van der Waals surface area contributed by atoms with Crippen molar-refractivity contribution in [3.8, 4) is 11.1 Å². The Morgan fingerprint density at radius 1 is 0.800 bits per heavy atom. The number of benzene rings is 2. The molecule has 3 rings (SSSR count). The van der Waals surface area contributed by atoms with Crippen LogP contribution in [0.25, 0.3) is 23.3 Å². The van der Waals surface area contributed by atoms with Crippen LogP contribution in [-0.2, 0) is 5.41 Å². The third-order valence-electron chi connectivity index (χ3n) is 6.84. The molecule has 2 aromatic rings. The van der Waals surface area contributed by atoms with Crippen LogP contribution in [0.3, 0.4) is 0 Å². The summed E-state index contributed by atoms with van der Waals surface area (Å²) in [6, 6.07) is 11.6. The van der Waals surface area contributed by atoms with Crippen molar-refractivity contribution in [3.05, 3.63) is 70.2 Å². The van der Waals surface area contributed by atoms with Crippen LogP contribution in [0, 0.1) is 0 Å². The van der Waals surface area contributed by atoms with Crippen molar-refractivity contribution >= 4 is 28.1 Å². The van der Waals surface area contributed by atoms with Crippen LogP contribution in [0.2, 0.25) is 0 Å². The summed E-state index contributed by atoms with van der Waals surface area (Å²) in [5.74, 6) is 0. The van der Waals surface area contributed by atoms with E-state index in [2.05, 4.69) is 73.3 Å². The van der Waals surface area contributed by atoms with Gasteiger partial charge in [0.1, 0.15) is 0 Å². The van der Waals surface area contributed by atoms with Gasteiger partial charge in [0.25, 0.3) is 0 Å². The number of unbranched alkanes of at least 4 members (excludes halogenated alkanes) is 6. The SMILES string of the molecule is C=Cc1cc(C=C)c2c(c1)C(CCCCCC)(CCCCCC)c1cc(Br)ccc1-2. The third-order valence-corrected chi connectivity index (χ3v) is 7.34. The molecule has 0 nitrogen and oxygen atoms in total. The molecule has 2 aromatic carbocycles. The number of hydrogen-bond acceptors (Lipinski definition) is 0. The standard InChI is InChI=1S/C29H37Br/c1-5-9-11-13-17-29(18-14-12-10-6-2)26-21-24(30)15-16-25(26)28-23(8-4)19-22(7-3)20-27(28)29/h7-8,15-16,19-21H,3-6,9-14,17-18H2,1-2H3. The van der Waals surface area contributed by atoms with Crippen LogP contribution >= 0.6 is 15.9 Å². The van der Waals surface area contributed by atoms with Crippen molar-refractivity contribution in [2.24, 2.45) is 0 Å². The lowest BCUT2D eigenvalue weighted by atomic mass is 9.70. The second kappa shape index (κ2) is 10.6. The van der Waals surface area contributed by atoms with E-state index < -0.39 is 0 Å². The van der Waals surface area contributed by atoms with Gasteiger partial charge in [-0.3, -0.25) is 0 Å². The quantitative estimate of drug-likeness (QED) is 0.274. The van der Waals surface area contributed by atoms with Crippen LogP contribution in [0.5, 0.6) is 0 Å². The average Bonchev–Trinajstić information content (AvgIpc) is 3.03. The Morgan fingerprint density at radius 2 is 1.47 bits per heavy atom. The largest absolute Gasteiger partial charge is 0.0985 e. The minimum Gasteiger partial charge on any atom is -0.0985 e. The van der Waals surface area contributed by atoms with E-state index in [1.54, 1.807) is 0 Å². The van der Waals surface area contributed by atoms with Crippen LogP contribution < -0.4 is 0 Å². The van der Waals surface area contributed by atoms with Crippen LogP contribution in [0.4, 0.5) is 0 Å². The topological polar surface area (TPSA) is 0 Å². The lowest BCUT2D eigenvalue weighted by molar-refractivity contribution is 0.401. The van der Waals surface area contributed by atoms with Gasteiger partial charge in [-0.2, -0.15) is 0 Å². The minimum atomic E-state index is 0.104. The van der Waals surface area contributed by atoms with Crippen LogP contribution in [-0.4, -0.2) is 0 Å². The normalized spacial score (nSPS) is 13.7. The maximum atomic E-state index is 4.15. The first kappa shape index (κ1) is 23.1. The summed E-state index contributed by atoms with van der Waals surface area (Å²) in [6.07, 6.45) is 16.9. The zero-order valence-electron chi connectivity index (χ0n) is 18.9. The van der Waals surface area contributed by atoms with Gasteiger partial charge in [0.15, 0.2) is 0 Å². The Bertz CT molecular complexity index is 877. The fraction of sp³-hybridized carbons (Fsp3) is 0.448. The molecule has 0 spiro atoms. The van der Waals surface area contributed by atoms with E-state index in [4.69, 9.17) is 0 Å². The van der Waals surface area contributed by atoms with Gasteiger partial charge in [-0.15, -0.1) is 0 Å². The molecule has 0 saturated heterocycles. The summed E-state index contributed by atoms with van der Waals surface area (Å²) >= 11 is 3.77. The second-order valence-corrected chi connectivity index (χ2v) is 9.75. The maximum Gasteiger partial charge on any atom is 0.0216 e. The fourth-order valence-electron chi connectivity index (χ4n) is 5.29. The first-order valence-corrected chi connectivity index (χ1v) is 12.6. The van der Waals surface area contributed by atoms with Crippen molar-refractivity contribution in [1.29, 1.82) is 0 Å². The highest BCUT2D eigenvalue weighted by Gasteiger charge is 2.43. The monoisotopic (exact) mass is 464 g/mol. The number of hydrogen-bond donors (Lipinski definition) is 0. The van der Waals surface area contributed by atoms with Gasteiger partial charge >= 0.3 is 0 Å². The highest BCUT2D eigenvalue weighted by atomic mass is 79.9. The van der Waals surface area contributed by atoms with Gasteiger partial charge in [0.2, 0.25) is 0 Å². The highest BCUT2D eigenvalue weighted by Crippen LogP contribution is 2.56. The number of rotatable bonds is 12. The fourth-order valence-corrected chi connectivity index (χ4v) is 5.65. The van der Waals surface area contributed by atoms with Gasteiger partial charge in [0.05, 0.1) is 0 Å². The lowest BCUT2D eigenvalue weighted by Gasteiger charge is -2.33. The number of fused-ring (bicyclic) bond motifs is 3. The Hall–Kier alpha value is -1.60. The average molecular weight is 466 g/mol. The zero-order chi connectivity index (χ0) is 21.6. The van der Waals surface area contributed by atoms with Crippen LogP contribution in [0.15, 0.2) is 48.0 Å². The molecule has 0 N–H and O–H groups in total. The predicted molar refractivity (Wildman–Crippen MR) is 138 cm³/mol. The molecule has 0 heterocycles. The molecule has 0 saturated carbocycles. The summed E-state index contributed by atoms with van der Waals surface area (Å²) in [6.45, 7) is 12.8. The maximum absolute atomic E-state index is 4.15. The molecule has 160 valence electrons. The van der Waals surface area contributed by atoms with Crippen molar-refractivity contribution in [2.75, 3.05) is 0 Å². The Balaban J connectivity index is 2.17. The molecular weight excluding hydrogens is 428 g/mol. The van der Waals surface area contributed by atoms with Crippen molar-refractivity contribution in [3.63, 3.8) is 0 Å². The molecule has 0 fully saturated rings. The molecule has 0 unspecified atom stereocenters. The van der Waals surface area contributed by atoms with E-state index in [0.717, 1.165) is 0 Å². The van der Waals surface area contributed by atoms with Crippen molar-refractivity contribution in [1.82, 2.24) is 0 Å². The van der Waals surface area contributed by atoms with E-state index in [1.807, 2.05) is 12.2 Å². The molecule has 1 heteroatoms. The molecule has 0 aliphatic heterocycles. The molecule has 1 aliphatic rings. The molecule has 0 bridgehead atoms. The molecule has 1 aliphatic carbocycles. The van der Waals surface area contributed by atoms with Gasteiger partial charge in [-0.25, -0.2) is 0 Å². The molecule has 0 amide bonds.